The van der Waals surface area contributed by atoms with Crippen LogP contribution in [0.5, 0.6) is 0 Å². The molecule has 0 bridgehead atoms. The van der Waals surface area contributed by atoms with E-state index in [1.54, 1.807) is 37.3 Å². The summed E-state index contributed by atoms with van der Waals surface area (Å²) in [5.41, 5.74) is 0.735. The highest BCUT2D eigenvalue weighted by Gasteiger charge is 2.26. The lowest BCUT2D eigenvalue weighted by atomic mass is 10.1. The predicted octanol–water partition coefficient (Wildman–Crippen LogP) is 3.10. The van der Waals surface area contributed by atoms with E-state index in [1.807, 2.05) is 6.26 Å². The first kappa shape index (κ1) is 21.4. The lowest BCUT2D eigenvalue weighted by Gasteiger charge is -2.21. The van der Waals surface area contributed by atoms with Crippen LogP contribution < -0.4 is 10.0 Å². The number of benzene rings is 2. The number of rotatable bonds is 9. The second kappa shape index (κ2) is 9.87. The summed E-state index contributed by atoms with van der Waals surface area (Å²) in [6, 6.07) is 12.5. The van der Waals surface area contributed by atoms with Crippen LogP contribution in [-0.4, -0.2) is 32.4 Å². The van der Waals surface area contributed by atoms with Crippen molar-refractivity contribution in [1.29, 1.82) is 0 Å². The van der Waals surface area contributed by atoms with Crippen molar-refractivity contribution < 1.29 is 17.6 Å². The lowest BCUT2D eigenvalue weighted by Crippen LogP contribution is -2.47. The van der Waals surface area contributed by atoms with Crippen molar-refractivity contribution in [2.24, 2.45) is 0 Å². The fourth-order valence-electron chi connectivity index (χ4n) is 2.48. The number of hydrogen-bond donors (Lipinski definition) is 2. The summed E-state index contributed by atoms with van der Waals surface area (Å²) in [5, 5.41) is 2.80. The van der Waals surface area contributed by atoms with Gasteiger partial charge in [0.25, 0.3) is 0 Å². The van der Waals surface area contributed by atoms with Crippen LogP contribution >= 0.6 is 11.8 Å². The molecule has 8 heteroatoms. The Bertz CT molecular complexity index is 843. The van der Waals surface area contributed by atoms with Gasteiger partial charge in [-0.1, -0.05) is 30.3 Å². The van der Waals surface area contributed by atoms with Crippen LogP contribution in [0.3, 0.4) is 0 Å². The van der Waals surface area contributed by atoms with Gasteiger partial charge in [0.2, 0.25) is 15.9 Å². The highest BCUT2D eigenvalue weighted by Crippen LogP contribution is 2.15. The van der Waals surface area contributed by atoms with Crippen LogP contribution in [0.4, 0.5) is 4.39 Å². The van der Waals surface area contributed by atoms with E-state index in [-0.39, 0.29) is 16.8 Å². The van der Waals surface area contributed by atoms with Crippen molar-refractivity contribution in [3.05, 3.63) is 66.0 Å². The Morgan fingerprint density at radius 2 is 1.74 bits per heavy atom. The standard InChI is InChI=1S/C19H23FN2O3S2/c1-14(15-8-10-16(20)11-9-15)21-19(23)18(12-13-26-2)22-27(24,25)17-6-4-3-5-7-17/h3-11,14,18,22H,12-13H2,1-2H3,(H,21,23). The van der Waals surface area contributed by atoms with Crippen LogP contribution in [0, 0.1) is 5.82 Å². The van der Waals surface area contributed by atoms with Crippen molar-refractivity contribution in [1.82, 2.24) is 10.0 Å². The third-order valence-corrected chi connectivity index (χ3v) is 6.14. The van der Waals surface area contributed by atoms with Crippen molar-refractivity contribution in [3.63, 3.8) is 0 Å². The first-order valence-corrected chi connectivity index (χ1v) is 11.3. The average molecular weight is 411 g/mol. The van der Waals surface area contributed by atoms with Gasteiger partial charge in [0.05, 0.1) is 10.9 Å². The maximum absolute atomic E-state index is 13.1. The average Bonchev–Trinajstić information content (AvgIpc) is 2.66. The Morgan fingerprint density at radius 1 is 1.11 bits per heavy atom. The molecule has 2 rings (SSSR count). The Kier molecular flexibility index (Phi) is 7.82. The molecule has 0 spiro atoms. The number of nitrogens with one attached hydrogen (secondary N) is 2. The maximum atomic E-state index is 13.1. The summed E-state index contributed by atoms with van der Waals surface area (Å²) in [6.45, 7) is 1.77. The topological polar surface area (TPSA) is 75.3 Å². The van der Waals surface area contributed by atoms with Crippen molar-refractivity contribution >= 4 is 27.7 Å². The monoisotopic (exact) mass is 410 g/mol. The van der Waals surface area contributed by atoms with E-state index in [9.17, 15) is 17.6 Å². The van der Waals surface area contributed by atoms with E-state index in [0.29, 0.717) is 12.2 Å². The van der Waals surface area contributed by atoms with Gasteiger partial charge in [0.15, 0.2) is 0 Å². The molecule has 0 heterocycles. The molecule has 0 aliphatic heterocycles. The minimum Gasteiger partial charge on any atom is -0.348 e. The fraction of sp³-hybridized carbons (Fsp3) is 0.316. The smallest absolute Gasteiger partial charge is 0.241 e. The Balaban J connectivity index is 2.12. The number of halogens is 1. The first-order valence-electron chi connectivity index (χ1n) is 8.45. The van der Waals surface area contributed by atoms with Crippen LogP contribution in [0.2, 0.25) is 0 Å². The molecule has 2 atom stereocenters. The maximum Gasteiger partial charge on any atom is 0.241 e. The van der Waals surface area contributed by atoms with E-state index >= 15 is 0 Å². The molecule has 2 aromatic rings. The molecule has 1 amide bonds. The second-order valence-corrected chi connectivity index (χ2v) is 8.75. The number of thioether (sulfide) groups is 1. The van der Waals surface area contributed by atoms with Gasteiger partial charge in [0.1, 0.15) is 11.9 Å². The molecule has 27 heavy (non-hydrogen) atoms. The van der Waals surface area contributed by atoms with Crippen molar-refractivity contribution in [2.45, 2.75) is 30.3 Å². The molecule has 0 aliphatic carbocycles. The van der Waals surface area contributed by atoms with Gasteiger partial charge in [-0.25, -0.2) is 12.8 Å². The molecule has 2 aromatic carbocycles. The third kappa shape index (κ3) is 6.34. The molecule has 0 aromatic heterocycles. The zero-order valence-corrected chi connectivity index (χ0v) is 16.8. The van der Waals surface area contributed by atoms with E-state index in [2.05, 4.69) is 10.0 Å². The number of amides is 1. The number of carbonyl (C=O) groups is 1. The molecular weight excluding hydrogens is 387 g/mol. The zero-order chi connectivity index (χ0) is 19.9. The molecule has 0 aliphatic rings. The third-order valence-electron chi connectivity index (χ3n) is 4.01. The normalized spacial score (nSPS) is 13.7. The van der Waals surface area contributed by atoms with Crippen LogP contribution in [0.1, 0.15) is 24.9 Å². The van der Waals surface area contributed by atoms with Gasteiger partial charge in [-0.05, 0) is 55.2 Å². The van der Waals surface area contributed by atoms with Crippen molar-refractivity contribution in [3.8, 4) is 0 Å². The van der Waals surface area contributed by atoms with Crippen LogP contribution in [0.15, 0.2) is 59.5 Å². The summed E-state index contributed by atoms with van der Waals surface area (Å²) in [5.74, 6) is -0.147. The Labute approximate surface area is 163 Å². The molecule has 0 fully saturated rings. The summed E-state index contributed by atoms with van der Waals surface area (Å²) in [7, 11) is -3.81. The van der Waals surface area contributed by atoms with Gasteiger partial charge >= 0.3 is 0 Å². The molecule has 0 saturated carbocycles. The molecule has 146 valence electrons. The highest BCUT2D eigenvalue weighted by atomic mass is 32.2. The number of hydrogen-bond acceptors (Lipinski definition) is 4. The van der Waals surface area contributed by atoms with Gasteiger partial charge in [-0.3, -0.25) is 4.79 Å². The molecular formula is C19H23FN2O3S2. The molecule has 2 N–H and O–H groups in total. The number of sulfonamides is 1. The lowest BCUT2D eigenvalue weighted by molar-refractivity contribution is -0.123. The number of carbonyl (C=O) groups excluding carboxylic acids is 1. The molecule has 5 nitrogen and oxygen atoms in total. The minimum absolute atomic E-state index is 0.110. The predicted molar refractivity (Wildman–Crippen MR) is 107 cm³/mol. The van der Waals surface area contributed by atoms with E-state index in [0.717, 1.165) is 5.56 Å². The van der Waals surface area contributed by atoms with E-state index in [4.69, 9.17) is 0 Å². The summed E-state index contributed by atoms with van der Waals surface area (Å²) >= 11 is 1.53. The van der Waals surface area contributed by atoms with E-state index in [1.165, 1.54) is 36.0 Å². The quantitative estimate of drug-likeness (QED) is 0.666. The molecule has 0 radical (unpaired) electrons. The van der Waals surface area contributed by atoms with Gasteiger partial charge in [-0.15, -0.1) is 0 Å². The highest BCUT2D eigenvalue weighted by molar-refractivity contribution is 7.98. The van der Waals surface area contributed by atoms with Gasteiger partial charge in [0, 0.05) is 0 Å². The Morgan fingerprint density at radius 3 is 2.33 bits per heavy atom. The largest absolute Gasteiger partial charge is 0.348 e. The molecule has 2 unspecified atom stereocenters. The van der Waals surface area contributed by atoms with Crippen molar-refractivity contribution in [2.75, 3.05) is 12.0 Å². The van der Waals surface area contributed by atoms with Gasteiger partial charge in [-0.2, -0.15) is 16.5 Å². The van der Waals surface area contributed by atoms with Crippen LogP contribution in [-0.2, 0) is 14.8 Å². The molecule has 0 saturated heterocycles. The minimum atomic E-state index is -3.81. The summed E-state index contributed by atoms with van der Waals surface area (Å²) in [6.07, 6.45) is 2.25. The Hall–Kier alpha value is -1.90. The fourth-order valence-corrected chi connectivity index (χ4v) is 4.21. The van der Waals surface area contributed by atoms with E-state index < -0.39 is 22.0 Å². The first-order chi connectivity index (χ1) is 12.8. The second-order valence-electron chi connectivity index (χ2n) is 6.05. The van der Waals surface area contributed by atoms with Gasteiger partial charge < -0.3 is 5.32 Å². The van der Waals surface area contributed by atoms with Crippen LogP contribution in [0.25, 0.3) is 0 Å². The summed E-state index contributed by atoms with van der Waals surface area (Å²) < 4.78 is 40.7. The zero-order valence-electron chi connectivity index (χ0n) is 15.2. The summed E-state index contributed by atoms with van der Waals surface area (Å²) in [4.78, 5) is 12.8. The SMILES string of the molecule is CSCCC(NS(=O)(=O)c1ccccc1)C(=O)NC(C)c1ccc(F)cc1.